The Hall–Kier alpha value is -2.86. The first-order valence-corrected chi connectivity index (χ1v) is 9.59. The van der Waals surface area contributed by atoms with Crippen molar-refractivity contribution in [2.45, 2.75) is 34.1 Å². The molecule has 0 aliphatic heterocycles. The van der Waals surface area contributed by atoms with Crippen LogP contribution in [0.2, 0.25) is 0 Å². The molecule has 0 bridgehead atoms. The van der Waals surface area contributed by atoms with E-state index >= 15 is 0 Å². The number of allylic oxidation sites excluding steroid dienone is 4. The highest BCUT2D eigenvalue weighted by Crippen LogP contribution is 2.28. The molecule has 0 atom stereocenters. The highest BCUT2D eigenvalue weighted by molar-refractivity contribution is 5.72. The van der Waals surface area contributed by atoms with Crippen molar-refractivity contribution in [2.24, 2.45) is 0 Å². The van der Waals surface area contributed by atoms with E-state index in [4.69, 9.17) is 0 Å². The van der Waals surface area contributed by atoms with E-state index in [1.165, 1.54) is 44.5 Å². The molecule has 0 N–H and O–H groups in total. The van der Waals surface area contributed by atoms with Gasteiger partial charge in [0.15, 0.2) is 0 Å². The predicted octanol–water partition coefficient (Wildman–Crippen LogP) is 7.70. The van der Waals surface area contributed by atoms with Crippen molar-refractivity contribution >= 4 is 5.57 Å². The molecule has 4 rings (SSSR count). The number of hydrogen-bond donors (Lipinski definition) is 0. The summed E-state index contributed by atoms with van der Waals surface area (Å²) in [6.45, 7) is 8.64. The van der Waals surface area contributed by atoms with E-state index in [2.05, 4.69) is 113 Å². The molecule has 0 nitrogen and oxygen atoms in total. The fourth-order valence-electron chi connectivity index (χ4n) is 3.41. The second kappa shape index (κ2) is 8.68. The molecule has 3 aromatic rings. The summed E-state index contributed by atoms with van der Waals surface area (Å²) < 4.78 is 0. The monoisotopic (exact) mass is 352 g/mol. The van der Waals surface area contributed by atoms with Gasteiger partial charge in [-0.3, -0.25) is 0 Å². The van der Waals surface area contributed by atoms with Gasteiger partial charge in [0, 0.05) is 0 Å². The maximum absolute atomic E-state index is 2.26. The fourth-order valence-corrected chi connectivity index (χ4v) is 3.41. The summed E-state index contributed by atoms with van der Waals surface area (Å²) in [6.07, 6.45) is 5.52. The smallest absolute Gasteiger partial charge is 0.00608 e. The van der Waals surface area contributed by atoms with Crippen LogP contribution in [0.5, 0.6) is 0 Å². The number of benzene rings is 3. The molecule has 0 saturated carbocycles. The van der Waals surface area contributed by atoms with E-state index in [9.17, 15) is 0 Å². The Morgan fingerprint density at radius 1 is 0.593 bits per heavy atom. The lowest BCUT2D eigenvalue weighted by Crippen LogP contribution is -1.87. The zero-order valence-electron chi connectivity index (χ0n) is 16.8. The van der Waals surface area contributed by atoms with Crippen LogP contribution in [-0.2, 0) is 0 Å². The molecule has 0 fully saturated rings. The standard InChI is InChI=1S/C15H16.C12H12/c1-11-8-9-13(3)15(10-11)14-7-5-4-6-12(14)2;1-10-7-8-12(9-10)11-5-3-2-4-6-11/h4-10H,1-3H3;2-8H,9H2,1H3. The first-order valence-electron chi connectivity index (χ1n) is 9.59. The third kappa shape index (κ3) is 4.86. The number of aryl methyl sites for hydroxylation is 3. The second-order valence-electron chi connectivity index (χ2n) is 7.38. The Morgan fingerprint density at radius 2 is 1.26 bits per heavy atom. The van der Waals surface area contributed by atoms with Crippen molar-refractivity contribution in [2.75, 3.05) is 0 Å². The van der Waals surface area contributed by atoms with Gasteiger partial charge in [0.25, 0.3) is 0 Å². The van der Waals surface area contributed by atoms with Gasteiger partial charge in [-0.1, -0.05) is 96.1 Å². The Morgan fingerprint density at radius 3 is 1.93 bits per heavy atom. The van der Waals surface area contributed by atoms with Crippen LogP contribution in [0.25, 0.3) is 16.7 Å². The zero-order valence-corrected chi connectivity index (χ0v) is 16.8. The lowest BCUT2D eigenvalue weighted by molar-refractivity contribution is 1.26. The summed E-state index contributed by atoms with van der Waals surface area (Å²) in [6, 6.07) is 25.7. The van der Waals surface area contributed by atoms with Gasteiger partial charge < -0.3 is 0 Å². The minimum atomic E-state index is 1.12. The molecule has 27 heavy (non-hydrogen) atoms. The average molecular weight is 353 g/mol. The van der Waals surface area contributed by atoms with Crippen molar-refractivity contribution in [3.8, 4) is 11.1 Å². The first-order chi connectivity index (χ1) is 13.0. The van der Waals surface area contributed by atoms with E-state index in [1.807, 2.05) is 0 Å². The fraction of sp³-hybridized carbons (Fsp3) is 0.185. The van der Waals surface area contributed by atoms with Gasteiger partial charge in [-0.2, -0.15) is 0 Å². The van der Waals surface area contributed by atoms with E-state index < -0.39 is 0 Å². The molecule has 0 aromatic heterocycles. The Kier molecular flexibility index (Phi) is 6.08. The molecule has 1 aliphatic rings. The van der Waals surface area contributed by atoms with Crippen molar-refractivity contribution in [1.29, 1.82) is 0 Å². The summed E-state index contributed by atoms with van der Waals surface area (Å²) in [4.78, 5) is 0. The molecule has 3 aromatic carbocycles. The summed E-state index contributed by atoms with van der Waals surface area (Å²) >= 11 is 0. The molecule has 0 heterocycles. The van der Waals surface area contributed by atoms with Gasteiger partial charge in [0.2, 0.25) is 0 Å². The summed E-state index contributed by atoms with van der Waals surface area (Å²) in [7, 11) is 0. The molecule has 0 amide bonds. The van der Waals surface area contributed by atoms with Gasteiger partial charge in [0.1, 0.15) is 0 Å². The molecule has 0 radical (unpaired) electrons. The Bertz CT molecular complexity index is 972. The molecular formula is C27H28. The average Bonchev–Trinajstić information content (AvgIpc) is 3.12. The number of rotatable bonds is 2. The largest absolute Gasteiger partial charge is 0.0689 e. The molecule has 136 valence electrons. The van der Waals surface area contributed by atoms with Crippen LogP contribution >= 0.6 is 0 Å². The van der Waals surface area contributed by atoms with Crippen molar-refractivity contribution in [3.63, 3.8) is 0 Å². The van der Waals surface area contributed by atoms with E-state index in [1.54, 1.807) is 0 Å². The molecule has 0 heteroatoms. The summed E-state index contributed by atoms with van der Waals surface area (Å²) in [5, 5.41) is 0. The normalized spacial score (nSPS) is 12.7. The predicted molar refractivity (Wildman–Crippen MR) is 119 cm³/mol. The Labute approximate surface area is 163 Å². The molecular weight excluding hydrogens is 324 g/mol. The zero-order chi connectivity index (χ0) is 19.2. The minimum Gasteiger partial charge on any atom is -0.0689 e. The van der Waals surface area contributed by atoms with Crippen LogP contribution in [0.3, 0.4) is 0 Å². The molecule has 0 unspecified atom stereocenters. The topological polar surface area (TPSA) is 0 Å². The second-order valence-corrected chi connectivity index (χ2v) is 7.38. The van der Waals surface area contributed by atoms with E-state index in [0.29, 0.717) is 0 Å². The lowest BCUT2D eigenvalue weighted by atomic mass is 9.95. The van der Waals surface area contributed by atoms with Crippen molar-refractivity contribution < 1.29 is 0 Å². The van der Waals surface area contributed by atoms with E-state index in [-0.39, 0.29) is 0 Å². The minimum absolute atomic E-state index is 1.12. The molecule has 0 spiro atoms. The van der Waals surface area contributed by atoms with Gasteiger partial charge in [-0.15, -0.1) is 0 Å². The highest BCUT2D eigenvalue weighted by atomic mass is 14.1. The first kappa shape index (κ1) is 18.9. The molecule has 1 aliphatic carbocycles. The maximum Gasteiger partial charge on any atom is -0.00608 e. The quantitative estimate of drug-likeness (QED) is 0.443. The summed E-state index contributed by atoms with van der Waals surface area (Å²) in [5.74, 6) is 0. The SMILES string of the molecule is CC1=CC=C(c2ccccc2)C1.Cc1ccc(C)c(-c2ccccc2C)c1. The lowest BCUT2D eigenvalue weighted by Gasteiger charge is -2.09. The molecule has 0 saturated heterocycles. The van der Waals surface area contributed by atoms with E-state index in [0.717, 1.165) is 6.42 Å². The van der Waals surface area contributed by atoms with Crippen LogP contribution in [0, 0.1) is 20.8 Å². The van der Waals surface area contributed by atoms with Crippen LogP contribution in [0.1, 0.15) is 35.6 Å². The van der Waals surface area contributed by atoms with Gasteiger partial charge >= 0.3 is 0 Å². The van der Waals surface area contributed by atoms with Crippen molar-refractivity contribution in [1.82, 2.24) is 0 Å². The van der Waals surface area contributed by atoms with Gasteiger partial charge in [-0.05, 0) is 67.5 Å². The maximum atomic E-state index is 2.26. The van der Waals surface area contributed by atoms with Crippen LogP contribution in [0.4, 0.5) is 0 Å². The summed E-state index contributed by atoms with van der Waals surface area (Å²) in [5.41, 5.74) is 10.9. The van der Waals surface area contributed by atoms with Gasteiger partial charge in [0.05, 0.1) is 0 Å². The van der Waals surface area contributed by atoms with Gasteiger partial charge in [-0.25, -0.2) is 0 Å². The number of hydrogen-bond acceptors (Lipinski definition) is 0. The highest BCUT2D eigenvalue weighted by Gasteiger charge is 2.05. The third-order valence-corrected chi connectivity index (χ3v) is 5.01. The van der Waals surface area contributed by atoms with Crippen LogP contribution in [0.15, 0.2) is 90.5 Å². The van der Waals surface area contributed by atoms with Crippen molar-refractivity contribution in [3.05, 3.63) is 113 Å². The Balaban J connectivity index is 0.000000159. The van der Waals surface area contributed by atoms with Crippen LogP contribution < -0.4 is 0 Å². The van der Waals surface area contributed by atoms with Crippen LogP contribution in [-0.4, -0.2) is 0 Å². The third-order valence-electron chi connectivity index (χ3n) is 5.01.